The van der Waals surface area contributed by atoms with Crippen LogP contribution in [0.3, 0.4) is 0 Å². The predicted molar refractivity (Wildman–Crippen MR) is 135 cm³/mol. The van der Waals surface area contributed by atoms with Crippen molar-refractivity contribution in [2.24, 2.45) is 0 Å². The number of ether oxygens (including phenoxy) is 2. The lowest BCUT2D eigenvalue weighted by atomic mass is 9.93. The Morgan fingerprint density at radius 2 is 2.03 bits per heavy atom. The molecule has 0 spiro atoms. The molecular formula is C27H30ClN3O4. The zero-order valence-corrected chi connectivity index (χ0v) is 20.8. The monoisotopic (exact) mass is 495 g/mol. The van der Waals surface area contributed by atoms with Crippen LogP contribution in [0.25, 0.3) is 10.9 Å². The van der Waals surface area contributed by atoms with Gasteiger partial charge in [0.15, 0.2) is 0 Å². The number of halogens is 1. The number of rotatable bonds is 7. The van der Waals surface area contributed by atoms with Crippen LogP contribution in [0.15, 0.2) is 48.5 Å². The van der Waals surface area contributed by atoms with Crippen molar-refractivity contribution >= 4 is 34.3 Å². The summed E-state index contributed by atoms with van der Waals surface area (Å²) in [5, 5.41) is 4.68. The maximum Gasteiger partial charge on any atom is 0.271 e. The van der Waals surface area contributed by atoms with E-state index in [2.05, 4.69) is 5.32 Å². The molecule has 1 N–H and O–H groups in total. The highest BCUT2D eigenvalue weighted by atomic mass is 35.5. The third-order valence-corrected chi connectivity index (χ3v) is 7.43. The lowest BCUT2D eigenvalue weighted by Gasteiger charge is -2.44. The minimum Gasteiger partial charge on any atom is -0.497 e. The Morgan fingerprint density at radius 3 is 2.74 bits per heavy atom. The molecule has 0 bridgehead atoms. The molecule has 184 valence electrons. The van der Waals surface area contributed by atoms with E-state index in [-0.39, 0.29) is 17.9 Å². The minimum atomic E-state index is -1.07. The van der Waals surface area contributed by atoms with Crippen molar-refractivity contribution in [3.63, 3.8) is 0 Å². The summed E-state index contributed by atoms with van der Waals surface area (Å²) in [5.41, 5.74) is 1.45. The van der Waals surface area contributed by atoms with Crippen molar-refractivity contribution in [2.45, 2.75) is 44.4 Å². The van der Waals surface area contributed by atoms with Crippen LogP contribution in [0.2, 0.25) is 5.02 Å². The summed E-state index contributed by atoms with van der Waals surface area (Å²) in [7, 11) is 1.62. The number of hydrogen-bond donors (Lipinski definition) is 1. The van der Waals surface area contributed by atoms with Gasteiger partial charge in [0, 0.05) is 36.2 Å². The second-order valence-electron chi connectivity index (χ2n) is 9.49. The van der Waals surface area contributed by atoms with Crippen molar-refractivity contribution in [1.82, 2.24) is 14.8 Å². The molecule has 2 aliphatic heterocycles. The van der Waals surface area contributed by atoms with Gasteiger partial charge in [-0.3, -0.25) is 9.59 Å². The predicted octanol–water partition coefficient (Wildman–Crippen LogP) is 4.06. The van der Waals surface area contributed by atoms with E-state index in [4.69, 9.17) is 21.1 Å². The maximum absolute atomic E-state index is 13.8. The van der Waals surface area contributed by atoms with Crippen LogP contribution < -0.4 is 10.1 Å². The molecule has 0 aliphatic carbocycles. The smallest absolute Gasteiger partial charge is 0.271 e. The van der Waals surface area contributed by atoms with Gasteiger partial charge < -0.3 is 24.3 Å². The highest BCUT2D eigenvalue weighted by molar-refractivity contribution is 6.30. The van der Waals surface area contributed by atoms with Gasteiger partial charge in [0.25, 0.3) is 5.91 Å². The molecule has 2 aliphatic rings. The van der Waals surface area contributed by atoms with Gasteiger partial charge in [-0.1, -0.05) is 23.7 Å². The van der Waals surface area contributed by atoms with Crippen LogP contribution in [0, 0.1) is 0 Å². The van der Waals surface area contributed by atoms with Gasteiger partial charge >= 0.3 is 0 Å². The summed E-state index contributed by atoms with van der Waals surface area (Å²) < 4.78 is 13.0. The molecule has 8 heteroatoms. The topological polar surface area (TPSA) is 72.8 Å². The number of carbonyl (C=O) groups is 2. The zero-order chi connectivity index (χ0) is 24.6. The standard InChI is InChI=1S/C27H30ClN3O4/c1-27(26(33)29-16-22-4-3-13-35-22)17-30-23-15-21(34-2)10-7-19(23)14-24(30)25(32)31(27)12-11-18-5-8-20(28)9-6-18/h5-10,14-15,22H,3-4,11-13,16-17H2,1-2H3,(H,29,33)/t22-,27+/m0/s1. The molecule has 1 fully saturated rings. The maximum atomic E-state index is 13.8. The lowest BCUT2D eigenvalue weighted by molar-refractivity contribution is -0.133. The van der Waals surface area contributed by atoms with Gasteiger partial charge in [0.1, 0.15) is 17.0 Å². The molecule has 35 heavy (non-hydrogen) atoms. The highest BCUT2D eigenvalue weighted by Gasteiger charge is 2.47. The molecule has 2 aromatic carbocycles. The molecule has 0 saturated carbocycles. The summed E-state index contributed by atoms with van der Waals surface area (Å²) in [4.78, 5) is 29.2. The number of carbonyl (C=O) groups excluding carboxylic acids is 2. The molecule has 2 amide bonds. The average molecular weight is 496 g/mol. The minimum absolute atomic E-state index is 0.0246. The molecule has 5 rings (SSSR count). The molecule has 1 saturated heterocycles. The Kier molecular flexibility index (Phi) is 6.47. The first-order valence-electron chi connectivity index (χ1n) is 12.0. The van der Waals surface area contributed by atoms with Gasteiger partial charge in [0.05, 0.1) is 25.3 Å². The molecule has 1 aromatic heterocycles. The number of hydrogen-bond acceptors (Lipinski definition) is 4. The van der Waals surface area contributed by atoms with Gasteiger partial charge in [-0.2, -0.15) is 0 Å². The van der Waals surface area contributed by atoms with E-state index in [0.717, 1.165) is 35.9 Å². The van der Waals surface area contributed by atoms with E-state index >= 15 is 0 Å². The molecule has 3 heterocycles. The zero-order valence-electron chi connectivity index (χ0n) is 20.1. The molecule has 0 unspecified atom stereocenters. The molecule has 2 atom stereocenters. The van der Waals surface area contributed by atoms with Crippen LogP contribution in [-0.4, -0.2) is 59.7 Å². The quantitative estimate of drug-likeness (QED) is 0.536. The lowest BCUT2D eigenvalue weighted by Crippen LogP contribution is -2.64. The van der Waals surface area contributed by atoms with Crippen LogP contribution in [0.4, 0.5) is 0 Å². The van der Waals surface area contributed by atoms with E-state index in [9.17, 15) is 9.59 Å². The number of fused-ring (bicyclic) bond motifs is 3. The fourth-order valence-corrected chi connectivity index (χ4v) is 5.23. The number of amides is 2. The number of nitrogens with one attached hydrogen (secondary N) is 1. The summed E-state index contributed by atoms with van der Waals surface area (Å²) in [6.45, 7) is 3.79. The highest BCUT2D eigenvalue weighted by Crippen LogP contribution is 2.34. The number of aromatic nitrogens is 1. The van der Waals surface area contributed by atoms with Gasteiger partial charge in [-0.05, 0) is 62.1 Å². The van der Waals surface area contributed by atoms with Gasteiger partial charge in [-0.15, -0.1) is 0 Å². The second-order valence-corrected chi connectivity index (χ2v) is 9.93. The Labute approximate surface area is 209 Å². The number of nitrogens with zero attached hydrogens (tertiary/aromatic N) is 2. The van der Waals surface area contributed by atoms with Crippen LogP contribution >= 0.6 is 11.6 Å². The largest absolute Gasteiger partial charge is 0.497 e. The van der Waals surface area contributed by atoms with Crippen molar-refractivity contribution in [1.29, 1.82) is 0 Å². The average Bonchev–Trinajstić information content (AvgIpc) is 3.51. The number of benzene rings is 2. The number of methoxy groups -OCH3 is 1. The Morgan fingerprint density at radius 1 is 1.23 bits per heavy atom. The Balaban J connectivity index is 1.48. The van der Waals surface area contributed by atoms with E-state index in [1.807, 2.05) is 60.0 Å². The third-order valence-electron chi connectivity index (χ3n) is 7.18. The van der Waals surface area contributed by atoms with E-state index < -0.39 is 5.54 Å². The normalized spacial score (nSPS) is 21.9. The van der Waals surface area contributed by atoms with Crippen LogP contribution in [0.5, 0.6) is 5.75 Å². The Bertz CT molecular complexity index is 1250. The van der Waals surface area contributed by atoms with Gasteiger partial charge in [-0.25, -0.2) is 0 Å². The van der Waals surface area contributed by atoms with Crippen LogP contribution in [-0.2, 0) is 22.5 Å². The van der Waals surface area contributed by atoms with E-state index in [0.29, 0.717) is 42.5 Å². The fourth-order valence-electron chi connectivity index (χ4n) is 5.10. The van der Waals surface area contributed by atoms with Crippen molar-refractivity contribution in [2.75, 3.05) is 26.8 Å². The molecular weight excluding hydrogens is 466 g/mol. The molecule has 7 nitrogen and oxygen atoms in total. The summed E-state index contributed by atoms with van der Waals surface area (Å²) in [6, 6.07) is 15.2. The summed E-state index contributed by atoms with van der Waals surface area (Å²) in [5.74, 6) is 0.378. The molecule has 0 radical (unpaired) electrons. The molecule has 3 aromatic rings. The summed E-state index contributed by atoms with van der Waals surface area (Å²) >= 11 is 6.04. The van der Waals surface area contributed by atoms with E-state index in [1.165, 1.54) is 0 Å². The van der Waals surface area contributed by atoms with Crippen molar-refractivity contribution < 1.29 is 19.1 Å². The van der Waals surface area contributed by atoms with Crippen LogP contribution in [0.1, 0.15) is 35.8 Å². The summed E-state index contributed by atoms with van der Waals surface area (Å²) in [6.07, 6.45) is 2.58. The van der Waals surface area contributed by atoms with Crippen molar-refractivity contribution in [3.05, 3.63) is 64.8 Å². The SMILES string of the molecule is COc1ccc2cc3n(c2c1)C[C@](C)(C(=O)NC[C@@H]1CCCO1)N(CCc1ccc(Cl)cc1)C3=O. The van der Waals surface area contributed by atoms with Gasteiger partial charge in [0.2, 0.25) is 5.91 Å². The second kappa shape index (κ2) is 9.55. The first kappa shape index (κ1) is 23.7. The Hall–Kier alpha value is -3.03. The first-order valence-corrected chi connectivity index (χ1v) is 12.4. The third kappa shape index (κ3) is 4.50. The first-order chi connectivity index (χ1) is 16.9. The van der Waals surface area contributed by atoms with Crippen molar-refractivity contribution in [3.8, 4) is 5.75 Å². The fraction of sp³-hybridized carbons (Fsp3) is 0.407. The van der Waals surface area contributed by atoms with E-state index in [1.54, 1.807) is 12.0 Å².